The molecule has 0 saturated carbocycles. The van der Waals surface area contributed by atoms with Crippen molar-refractivity contribution in [3.63, 3.8) is 0 Å². The Morgan fingerprint density at radius 1 is 1.46 bits per heavy atom. The van der Waals surface area contributed by atoms with Gasteiger partial charge in [0.2, 0.25) is 0 Å². The van der Waals surface area contributed by atoms with E-state index < -0.39 is 0 Å². The second-order valence-electron chi connectivity index (χ2n) is 5.79. The fourth-order valence-electron chi connectivity index (χ4n) is 2.92. The van der Waals surface area contributed by atoms with Crippen LogP contribution in [0.2, 0.25) is 0 Å². The Morgan fingerprint density at radius 3 is 3.00 bits per heavy atom. The Labute approximate surface area is 156 Å². The minimum atomic E-state index is -0.322. The summed E-state index contributed by atoms with van der Waals surface area (Å²) in [4.78, 5) is 32.6. The number of allylic oxidation sites excluding steroid dienone is 1. The highest BCUT2D eigenvalue weighted by Crippen LogP contribution is 2.40. The van der Waals surface area contributed by atoms with Crippen LogP contribution in [0.1, 0.15) is 29.1 Å². The molecule has 0 bridgehead atoms. The molecule has 0 aromatic carbocycles. The molecule has 134 valence electrons. The number of aromatic nitrogens is 1. The zero-order valence-corrected chi connectivity index (χ0v) is 15.6. The van der Waals surface area contributed by atoms with Crippen LogP contribution in [0.4, 0.5) is 5.69 Å². The van der Waals surface area contributed by atoms with Gasteiger partial charge < -0.3 is 9.64 Å². The first-order valence-electron chi connectivity index (χ1n) is 8.45. The number of nitrogens with zero attached hydrogens (tertiary/aromatic N) is 2. The molecule has 2 aromatic rings. The summed E-state index contributed by atoms with van der Waals surface area (Å²) in [5, 5.41) is 0. The lowest BCUT2D eigenvalue weighted by Crippen LogP contribution is -2.33. The molecule has 0 unspecified atom stereocenters. The monoisotopic (exact) mass is 368 g/mol. The van der Waals surface area contributed by atoms with Crippen molar-refractivity contribution < 1.29 is 14.3 Å². The zero-order valence-electron chi connectivity index (χ0n) is 14.8. The number of esters is 1. The molecule has 0 saturated heterocycles. The number of rotatable bonds is 4. The largest absolute Gasteiger partial charge is 0.462 e. The van der Waals surface area contributed by atoms with Gasteiger partial charge in [-0.2, -0.15) is 0 Å². The summed E-state index contributed by atoms with van der Waals surface area (Å²) in [6, 6.07) is 5.54. The van der Waals surface area contributed by atoms with Gasteiger partial charge in [-0.1, -0.05) is 18.7 Å². The van der Waals surface area contributed by atoms with Crippen molar-refractivity contribution in [3.05, 3.63) is 59.1 Å². The smallest absolute Gasteiger partial charge is 0.348 e. The third kappa shape index (κ3) is 3.32. The quantitative estimate of drug-likeness (QED) is 0.465. The van der Waals surface area contributed by atoms with Crippen LogP contribution < -0.4 is 4.90 Å². The number of hydrogen-bond acceptors (Lipinski definition) is 5. The van der Waals surface area contributed by atoms with Gasteiger partial charge in [0.25, 0.3) is 5.91 Å². The summed E-state index contributed by atoms with van der Waals surface area (Å²) in [6.45, 7) is 8.34. The SMILES string of the molecule is C=C(/C=C\C)C(=O)N1CCc2cc(C(=O)OCC)sc2-c2ncccc21. The van der Waals surface area contributed by atoms with Crippen molar-refractivity contribution in [1.29, 1.82) is 0 Å². The molecular weight excluding hydrogens is 348 g/mol. The van der Waals surface area contributed by atoms with E-state index in [1.807, 2.05) is 25.1 Å². The third-order valence-corrected chi connectivity index (χ3v) is 5.23. The first-order chi connectivity index (χ1) is 12.6. The minimum absolute atomic E-state index is 0.141. The van der Waals surface area contributed by atoms with Crippen molar-refractivity contribution in [2.45, 2.75) is 20.3 Å². The minimum Gasteiger partial charge on any atom is -0.462 e. The molecule has 5 nitrogen and oxygen atoms in total. The first-order valence-corrected chi connectivity index (χ1v) is 9.27. The molecule has 1 aliphatic heterocycles. The number of carbonyl (C=O) groups is 2. The summed E-state index contributed by atoms with van der Waals surface area (Å²) in [5.74, 6) is -0.462. The van der Waals surface area contributed by atoms with Crippen LogP contribution in [0.5, 0.6) is 0 Å². The maximum atomic E-state index is 12.8. The molecule has 6 heteroatoms. The van der Waals surface area contributed by atoms with E-state index in [9.17, 15) is 9.59 Å². The Bertz CT molecular complexity index is 898. The lowest BCUT2D eigenvalue weighted by Gasteiger charge is -2.22. The number of fused-ring (bicyclic) bond motifs is 3. The molecule has 3 heterocycles. The van der Waals surface area contributed by atoms with Crippen molar-refractivity contribution in [2.75, 3.05) is 18.1 Å². The molecule has 3 rings (SSSR count). The number of anilines is 1. The molecule has 0 radical (unpaired) electrons. The van der Waals surface area contributed by atoms with E-state index in [1.165, 1.54) is 11.3 Å². The van der Waals surface area contributed by atoms with Gasteiger partial charge in [-0.3, -0.25) is 9.78 Å². The molecule has 1 amide bonds. The maximum absolute atomic E-state index is 12.8. The van der Waals surface area contributed by atoms with E-state index >= 15 is 0 Å². The Kier molecular flexibility index (Phi) is 5.32. The van der Waals surface area contributed by atoms with Gasteiger partial charge in [-0.15, -0.1) is 11.3 Å². The molecule has 26 heavy (non-hydrogen) atoms. The summed E-state index contributed by atoms with van der Waals surface area (Å²) in [6.07, 6.45) is 5.83. The normalized spacial score (nSPS) is 13.1. The lowest BCUT2D eigenvalue weighted by molar-refractivity contribution is -0.114. The van der Waals surface area contributed by atoms with Gasteiger partial charge in [0.05, 0.1) is 17.2 Å². The van der Waals surface area contributed by atoms with Gasteiger partial charge in [0.1, 0.15) is 10.6 Å². The molecule has 0 aliphatic carbocycles. The molecular formula is C20H20N2O3S. The van der Waals surface area contributed by atoms with Crippen LogP contribution in [0.3, 0.4) is 0 Å². The summed E-state index contributed by atoms with van der Waals surface area (Å²) in [7, 11) is 0. The second-order valence-corrected chi connectivity index (χ2v) is 6.84. The van der Waals surface area contributed by atoms with E-state index in [0.717, 1.165) is 16.1 Å². The zero-order chi connectivity index (χ0) is 18.7. The van der Waals surface area contributed by atoms with Gasteiger partial charge in [0, 0.05) is 18.3 Å². The molecule has 1 aliphatic rings. The van der Waals surface area contributed by atoms with Crippen molar-refractivity contribution in [3.8, 4) is 10.6 Å². The Balaban J connectivity index is 2.04. The molecule has 0 fully saturated rings. The highest BCUT2D eigenvalue weighted by Gasteiger charge is 2.28. The second kappa shape index (κ2) is 7.66. The van der Waals surface area contributed by atoms with Gasteiger partial charge in [0.15, 0.2) is 0 Å². The van der Waals surface area contributed by atoms with Crippen LogP contribution in [0.15, 0.2) is 48.7 Å². The fraction of sp³-hybridized carbons (Fsp3) is 0.250. The number of pyridine rings is 1. The topological polar surface area (TPSA) is 59.5 Å². The Hall–Kier alpha value is -2.73. The van der Waals surface area contributed by atoms with Crippen LogP contribution in [0.25, 0.3) is 10.6 Å². The Morgan fingerprint density at radius 2 is 2.27 bits per heavy atom. The molecule has 0 atom stereocenters. The van der Waals surface area contributed by atoms with Crippen molar-refractivity contribution >= 4 is 28.9 Å². The van der Waals surface area contributed by atoms with E-state index in [2.05, 4.69) is 11.6 Å². The predicted molar refractivity (Wildman–Crippen MR) is 104 cm³/mol. The van der Waals surface area contributed by atoms with Crippen LogP contribution >= 0.6 is 11.3 Å². The van der Waals surface area contributed by atoms with Crippen LogP contribution in [0, 0.1) is 0 Å². The average molecular weight is 368 g/mol. The summed E-state index contributed by atoms with van der Waals surface area (Å²) >= 11 is 1.36. The van der Waals surface area contributed by atoms with E-state index in [-0.39, 0.29) is 11.9 Å². The van der Waals surface area contributed by atoms with Crippen LogP contribution in [-0.2, 0) is 16.0 Å². The van der Waals surface area contributed by atoms with E-state index in [1.54, 1.807) is 30.2 Å². The van der Waals surface area contributed by atoms with Crippen molar-refractivity contribution in [1.82, 2.24) is 4.98 Å². The lowest BCUT2D eigenvalue weighted by atomic mass is 10.1. The number of thiophene rings is 1. The van der Waals surface area contributed by atoms with Gasteiger partial charge in [-0.25, -0.2) is 4.79 Å². The highest BCUT2D eigenvalue weighted by atomic mass is 32.1. The standard InChI is InChI=1S/C20H20N2O3S/c1-4-7-13(3)19(23)22-11-9-14-12-16(20(24)25-5-2)26-18(14)17-15(22)8-6-10-21-17/h4,6-8,10,12H,3,5,9,11H2,1-2H3/b7-4-. The van der Waals surface area contributed by atoms with E-state index in [4.69, 9.17) is 4.74 Å². The fourth-order valence-corrected chi connectivity index (χ4v) is 4.03. The van der Waals surface area contributed by atoms with Gasteiger partial charge in [-0.05, 0) is 44.0 Å². The predicted octanol–water partition coefficient (Wildman–Crippen LogP) is 4.01. The van der Waals surface area contributed by atoms with Gasteiger partial charge >= 0.3 is 5.97 Å². The molecule has 0 N–H and O–H groups in total. The average Bonchev–Trinajstić information content (AvgIpc) is 3.00. The highest BCUT2D eigenvalue weighted by molar-refractivity contribution is 7.17. The van der Waals surface area contributed by atoms with Crippen LogP contribution in [-0.4, -0.2) is 30.0 Å². The third-order valence-electron chi connectivity index (χ3n) is 4.07. The number of hydrogen-bond donors (Lipinski definition) is 0. The molecule has 0 spiro atoms. The summed E-state index contributed by atoms with van der Waals surface area (Å²) < 4.78 is 5.11. The van der Waals surface area contributed by atoms with E-state index in [0.29, 0.717) is 35.7 Å². The summed E-state index contributed by atoms with van der Waals surface area (Å²) in [5.41, 5.74) is 2.88. The van der Waals surface area contributed by atoms with Crippen molar-refractivity contribution in [2.24, 2.45) is 0 Å². The number of ether oxygens (including phenoxy) is 1. The molecule has 2 aromatic heterocycles. The number of amides is 1. The maximum Gasteiger partial charge on any atom is 0.348 e. The number of carbonyl (C=O) groups excluding carboxylic acids is 2. The first kappa shape index (κ1) is 18.1.